The molecular weight excluding hydrogens is 367 g/mol. The summed E-state index contributed by atoms with van der Waals surface area (Å²) in [6.07, 6.45) is 2.58. The van der Waals surface area contributed by atoms with E-state index in [0.717, 1.165) is 36.3 Å². The highest BCUT2D eigenvalue weighted by Gasteiger charge is 2.23. The zero-order chi connectivity index (χ0) is 20.4. The summed E-state index contributed by atoms with van der Waals surface area (Å²) in [5.74, 6) is 0.153. The van der Waals surface area contributed by atoms with Crippen molar-refractivity contribution < 1.29 is 9.18 Å². The Labute approximate surface area is 169 Å². The van der Waals surface area contributed by atoms with Crippen molar-refractivity contribution in [3.05, 3.63) is 70.9 Å². The first-order valence-electron chi connectivity index (χ1n) is 10.1. The minimum Gasteiger partial charge on any atom is -0.366 e. The highest BCUT2D eigenvalue weighted by Crippen LogP contribution is 2.28. The van der Waals surface area contributed by atoms with Gasteiger partial charge in [-0.3, -0.25) is 4.79 Å². The van der Waals surface area contributed by atoms with Gasteiger partial charge in [-0.2, -0.15) is 0 Å². The second kappa shape index (κ2) is 8.25. The number of hydrogen-bond donors (Lipinski definition) is 1. The van der Waals surface area contributed by atoms with Crippen LogP contribution in [-0.2, 0) is 12.8 Å². The number of nitrogens with two attached hydrogens (primary N) is 1. The zero-order valence-corrected chi connectivity index (χ0v) is 16.6. The molecule has 1 aromatic heterocycles. The van der Waals surface area contributed by atoms with Crippen LogP contribution in [0.4, 0.5) is 4.39 Å². The van der Waals surface area contributed by atoms with Crippen molar-refractivity contribution in [1.82, 2.24) is 14.9 Å². The Kier molecular flexibility index (Phi) is 5.53. The predicted octanol–water partition coefficient (Wildman–Crippen LogP) is 3.46. The molecule has 1 fully saturated rings. The van der Waals surface area contributed by atoms with Crippen LogP contribution in [0.2, 0.25) is 0 Å². The highest BCUT2D eigenvalue weighted by atomic mass is 19.1. The number of likely N-dealkylation sites (tertiary alicyclic amines) is 1. The van der Waals surface area contributed by atoms with Crippen LogP contribution in [0, 0.1) is 5.82 Å². The number of halogens is 1. The van der Waals surface area contributed by atoms with Crippen LogP contribution in [0.5, 0.6) is 0 Å². The van der Waals surface area contributed by atoms with Crippen LogP contribution in [-0.4, -0.2) is 40.4 Å². The largest absolute Gasteiger partial charge is 0.366 e. The Morgan fingerprint density at radius 2 is 1.93 bits per heavy atom. The molecule has 6 heteroatoms. The second-order valence-corrected chi connectivity index (χ2v) is 7.61. The Bertz CT molecular complexity index is 1030. The molecule has 29 heavy (non-hydrogen) atoms. The minimum absolute atomic E-state index is 0.177. The Hall–Kier alpha value is -2.86. The molecule has 0 spiro atoms. The third-order valence-corrected chi connectivity index (χ3v) is 5.64. The quantitative estimate of drug-likeness (QED) is 0.668. The summed E-state index contributed by atoms with van der Waals surface area (Å²) in [5, 5.41) is 0.856. The molecule has 0 aliphatic carbocycles. The van der Waals surface area contributed by atoms with E-state index >= 15 is 0 Å². The SMILES string of the molecule is CCc1nc(CC(CN2CCC2)c2ccc(F)cc2)c2cccc(C(N)=O)c2n1. The number of amides is 1. The van der Waals surface area contributed by atoms with E-state index in [2.05, 4.69) is 9.88 Å². The minimum atomic E-state index is -0.488. The van der Waals surface area contributed by atoms with E-state index in [1.807, 2.05) is 31.2 Å². The number of nitrogens with zero attached hydrogens (tertiary/aromatic N) is 3. The average molecular weight is 392 g/mol. The third kappa shape index (κ3) is 4.12. The molecule has 0 radical (unpaired) electrons. The maximum atomic E-state index is 13.5. The summed E-state index contributed by atoms with van der Waals surface area (Å²) < 4.78 is 13.5. The maximum Gasteiger partial charge on any atom is 0.250 e. The van der Waals surface area contributed by atoms with Gasteiger partial charge in [0.1, 0.15) is 11.6 Å². The van der Waals surface area contributed by atoms with Crippen molar-refractivity contribution >= 4 is 16.8 Å². The lowest BCUT2D eigenvalue weighted by Gasteiger charge is -2.34. The fraction of sp³-hybridized carbons (Fsp3) is 0.348. The summed E-state index contributed by atoms with van der Waals surface area (Å²) in [4.78, 5) is 23.7. The van der Waals surface area contributed by atoms with Crippen LogP contribution >= 0.6 is 0 Å². The molecule has 1 saturated heterocycles. The van der Waals surface area contributed by atoms with E-state index in [0.29, 0.717) is 29.7 Å². The number of rotatable bonds is 7. The molecule has 2 aromatic carbocycles. The molecule has 3 aromatic rings. The lowest BCUT2D eigenvalue weighted by atomic mass is 9.91. The van der Waals surface area contributed by atoms with Crippen molar-refractivity contribution in [3.63, 3.8) is 0 Å². The summed E-state index contributed by atoms with van der Waals surface area (Å²) in [5.41, 5.74) is 8.61. The summed E-state index contributed by atoms with van der Waals surface area (Å²) in [7, 11) is 0. The molecule has 0 bridgehead atoms. The molecule has 1 amide bonds. The molecule has 150 valence electrons. The third-order valence-electron chi connectivity index (χ3n) is 5.64. The van der Waals surface area contributed by atoms with Gasteiger partial charge in [-0.15, -0.1) is 0 Å². The molecule has 5 nitrogen and oxygen atoms in total. The van der Waals surface area contributed by atoms with E-state index in [-0.39, 0.29) is 11.7 Å². The number of fused-ring (bicyclic) bond motifs is 1. The summed E-state index contributed by atoms with van der Waals surface area (Å²) in [6.45, 7) is 5.08. The van der Waals surface area contributed by atoms with Gasteiger partial charge in [0.15, 0.2) is 0 Å². The molecule has 1 aliphatic heterocycles. The van der Waals surface area contributed by atoms with Crippen molar-refractivity contribution in [1.29, 1.82) is 0 Å². The van der Waals surface area contributed by atoms with Gasteiger partial charge < -0.3 is 10.6 Å². The topological polar surface area (TPSA) is 72.1 Å². The van der Waals surface area contributed by atoms with Gasteiger partial charge in [-0.1, -0.05) is 31.2 Å². The highest BCUT2D eigenvalue weighted by molar-refractivity contribution is 6.05. The van der Waals surface area contributed by atoms with Crippen molar-refractivity contribution in [2.75, 3.05) is 19.6 Å². The van der Waals surface area contributed by atoms with Crippen LogP contribution in [0.25, 0.3) is 10.9 Å². The van der Waals surface area contributed by atoms with Gasteiger partial charge in [-0.05, 0) is 49.7 Å². The van der Waals surface area contributed by atoms with Crippen LogP contribution in [0.15, 0.2) is 42.5 Å². The van der Waals surface area contributed by atoms with Crippen molar-refractivity contribution in [3.8, 4) is 0 Å². The lowest BCUT2D eigenvalue weighted by molar-refractivity contribution is 0.100. The van der Waals surface area contributed by atoms with Gasteiger partial charge >= 0.3 is 0 Å². The number of carbonyl (C=O) groups excluding carboxylic acids is 1. The number of aryl methyl sites for hydroxylation is 1. The van der Waals surface area contributed by atoms with Gasteiger partial charge in [0.05, 0.1) is 16.8 Å². The predicted molar refractivity (Wildman–Crippen MR) is 111 cm³/mol. The molecule has 2 heterocycles. The van der Waals surface area contributed by atoms with Gasteiger partial charge in [0, 0.05) is 24.3 Å². The number of hydrogen-bond acceptors (Lipinski definition) is 4. The number of benzene rings is 2. The van der Waals surface area contributed by atoms with Crippen molar-refractivity contribution in [2.24, 2.45) is 5.73 Å². The second-order valence-electron chi connectivity index (χ2n) is 7.61. The smallest absolute Gasteiger partial charge is 0.250 e. The van der Waals surface area contributed by atoms with E-state index < -0.39 is 5.91 Å². The lowest BCUT2D eigenvalue weighted by Crippen LogP contribution is -2.40. The van der Waals surface area contributed by atoms with Gasteiger partial charge in [-0.25, -0.2) is 14.4 Å². The number of carbonyl (C=O) groups is 1. The van der Waals surface area contributed by atoms with E-state index in [1.54, 1.807) is 6.07 Å². The number of para-hydroxylation sites is 1. The zero-order valence-electron chi connectivity index (χ0n) is 16.6. The standard InChI is InChI=1S/C23H25FN4O/c1-2-21-26-20(18-5-3-6-19(23(25)29)22(18)27-21)13-16(14-28-11-4-12-28)15-7-9-17(24)10-8-15/h3,5-10,16H,2,4,11-14H2,1H3,(H2,25,29). The van der Waals surface area contributed by atoms with Gasteiger partial charge in [0.2, 0.25) is 0 Å². The fourth-order valence-electron chi connectivity index (χ4n) is 3.91. The molecule has 1 aliphatic rings. The fourth-order valence-corrected chi connectivity index (χ4v) is 3.91. The van der Waals surface area contributed by atoms with Crippen LogP contribution in [0.1, 0.15) is 46.7 Å². The molecule has 1 unspecified atom stereocenters. The summed E-state index contributed by atoms with van der Waals surface area (Å²) >= 11 is 0. The first-order valence-corrected chi connectivity index (χ1v) is 10.1. The monoisotopic (exact) mass is 392 g/mol. The molecular formula is C23H25FN4O. The van der Waals surface area contributed by atoms with E-state index in [4.69, 9.17) is 10.7 Å². The van der Waals surface area contributed by atoms with E-state index in [9.17, 15) is 9.18 Å². The normalized spacial score (nSPS) is 15.2. The van der Waals surface area contributed by atoms with Crippen LogP contribution < -0.4 is 5.73 Å². The van der Waals surface area contributed by atoms with Gasteiger partial charge in [0.25, 0.3) is 5.91 Å². The van der Waals surface area contributed by atoms with E-state index in [1.165, 1.54) is 18.6 Å². The summed E-state index contributed by atoms with van der Waals surface area (Å²) in [6, 6.07) is 12.2. The molecule has 2 N–H and O–H groups in total. The molecule has 0 saturated carbocycles. The number of primary amides is 1. The first-order chi connectivity index (χ1) is 14.0. The van der Waals surface area contributed by atoms with Crippen molar-refractivity contribution in [2.45, 2.75) is 32.1 Å². The first kappa shape index (κ1) is 19.5. The molecule has 1 atom stereocenters. The Morgan fingerprint density at radius 1 is 1.17 bits per heavy atom. The Balaban J connectivity index is 1.77. The van der Waals surface area contributed by atoms with Crippen LogP contribution in [0.3, 0.4) is 0 Å². The maximum absolute atomic E-state index is 13.5. The Morgan fingerprint density at radius 3 is 2.55 bits per heavy atom. The average Bonchev–Trinajstić information content (AvgIpc) is 2.69. The number of aromatic nitrogens is 2. The molecule has 4 rings (SSSR count).